The van der Waals surface area contributed by atoms with Gasteiger partial charge in [0.25, 0.3) is 5.91 Å². The van der Waals surface area contributed by atoms with Crippen LogP contribution in [0.15, 0.2) is 18.2 Å². The molecule has 1 aliphatic carbocycles. The molecule has 0 bridgehead atoms. The number of hydrogen-bond acceptors (Lipinski definition) is 4. The molecule has 1 saturated heterocycles. The first-order chi connectivity index (χ1) is 11.6. The van der Waals surface area contributed by atoms with Crippen molar-refractivity contribution < 1.29 is 19.0 Å². The fourth-order valence-corrected chi connectivity index (χ4v) is 4.50. The van der Waals surface area contributed by atoms with Crippen LogP contribution in [0.25, 0.3) is 0 Å². The van der Waals surface area contributed by atoms with Gasteiger partial charge in [0.05, 0.1) is 25.9 Å². The molecule has 24 heavy (non-hydrogen) atoms. The zero-order valence-corrected chi connectivity index (χ0v) is 14.8. The lowest BCUT2D eigenvalue weighted by Gasteiger charge is -2.43. The minimum atomic E-state index is 0.0200. The maximum Gasteiger partial charge on any atom is 0.257 e. The Morgan fingerprint density at radius 1 is 1.17 bits per heavy atom. The van der Waals surface area contributed by atoms with Crippen molar-refractivity contribution in [3.05, 3.63) is 23.8 Å². The first-order valence-corrected chi connectivity index (χ1v) is 8.68. The Hall–Kier alpha value is -1.75. The Morgan fingerprint density at radius 2 is 1.96 bits per heavy atom. The van der Waals surface area contributed by atoms with Gasteiger partial charge >= 0.3 is 0 Å². The van der Waals surface area contributed by atoms with Crippen molar-refractivity contribution in [3.8, 4) is 11.5 Å². The van der Waals surface area contributed by atoms with Crippen molar-refractivity contribution in [1.82, 2.24) is 4.90 Å². The maximum absolute atomic E-state index is 13.1. The normalized spacial score (nSPS) is 26.6. The summed E-state index contributed by atoms with van der Waals surface area (Å²) in [6.07, 6.45) is 5.86. The lowest BCUT2D eigenvalue weighted by Crippen LogP contribution is -2.49. The monoisotopic (exact) mass is 333 g/mol. The van der Waals surface area contributed by atoms with Crippen LogP contribution in [0, 0.1) is 5.41 Å². The Balaban J connectivity index is 1.85. The highest BCUT2D eigenvalue weighted by molar-refractivity contribution is 5.98. The summed E-state index contributed by atoms with van der Waals surface area (Å²) in [6, 6.07) is 5.46. The zero-order chi connectivity index (χ0) is 17.2. The van der Waals surface area contributed by atoms with Gasteiger partial charge in [-0.15, -0.1) is 0 Å². The first kappa shape index (κ1) is 17.1. The summed E-state index contributed by atoms with van der Waals surface area (Å²) in [7, 11) is 4.96. The van der Waals surface area contributed by atoms with Gasteiger partial charge in [-0.1, -0.05) is 12.5 Å². The number of amides is 1. The lowest BCUT2D eigenvalue weighted by molar-refractivity contribution is -0.0296. The second kappa shape index (κ2) is 7.01. The van der Waals surface area contributed by atoms with Gasteiger partial charge in [-0.05, 0) is 37.8 Å². The van der Waals surface area contributed by atoms with Crippen LogP contribution < -0.4 is 9.47 Å². The largest absolute Gasteiger partial charge is 0.493 e. The van der Waals surface area contributed by atoms with Gasteiger partial charge in [0.2, 0.25) is 0 Å². The molecular weight excluding hydrogens is 306 g/mol. The van der Waals surface area contributed by atoms with E-state index in [0.717, 1.165) is 38.8 Å². The van der Waals surface area contributed by atoms with E-state index in [1.165, 1.54) is 6.42 Å². The molecule has 5 heteroatoms. The smallest absolute Gasteiger partial charge is 0.257 e. The molecule has 2 fully saturated rings. The predicted molar refractivity (Wildman–Crippen MR) is 91.8 cm³/mol. The van der Waals surface area contributed by atoms with Crippen molar-refractivity contribution >= 4 is 5.91 Å². The molecular formula is C19H27NO4. The lowest BCUT2D eigenvalue weighted by atomic mass is 9.76. The second-order valence-electron chi connectivity index (χ2n) is 6.85. The summed E-state index contributed by atoms with van der Waals surface area (Å²) in [5, 5.41) is 0. The summed E-state index contributed by atoms with van der Waals surface area (Å²) in [5.74, 6) is 1.12. The van der Waals surface area contributed by atoms with Gasteiger partial charge in [0.15, 0.2) is 11.5 Å². The van der Waals surface area contributed by atoms with Crippen molar-refractivity contribution in [2.45, 2.75) is 38.2 Å². The molecule has 1 saturated carbocycles. The number of hydrogen-bond donors (Lipinski definition) is 0. The molecule has 2 aliphatic rings. The topological polar surface area (TPSA) is 48.0 Å². The van der Waals surface area contributed by atoms with Crippen LogP contribution in [0.1, 0.15) is 42.5 Å². The molecule has 1 spiro atoms. The van der Waals surface area contributed by atoms with E-state index in [9.17, 15) is 4.79 Å². The van der Waals surface area contributed by atoms with Gasteiger partial charge in [-0.3, -0.25) is 4.79 Å². The number of nitrogens with zero attached hydrogens (tertiary/aromatic N) is 1. The van der Waals surface area contributed by atoms with Crippen LogP contribution in [-0.4, -0.2) is 51.3 Å². The third-order valence-electron chi connectivity index (χ3n) is 5.64. The standard InChI is InChI=1S/C19H27NO4/c1-22-15-8-4-7-14(17(15)24-3)18(21)20-12-6-11-19(13-20)10-5-9-16(19)23-2/h4,7-8,16H,5-6,9-13H2,1-3H3/t16-,19-/m1/s1. The number of ether oxygens (including phenoxy) is 3. The van der Waals surface area contributed by atoms with E-state index < -0.39 is 0 Å². The molecule has 1 aromatic rings. The third-order valence-corrected chi connectivity index (χ3v) is 5.64. The average Bonchev–Trinajstić information content (AvgIpc) is 3.01. The molecule has 0 aromatic heterocycles. The number of piperidine rings is 1. The Bertz CT molecular complexity index is 603. The quantitative estimate of drug-likeness (QED) is 0.849. The highest BCUT2D eigenvalue weighted by Gasteiger charge is 2.46. The summed E-state index contributed by atoms with van der Waals surface area (Å²) in [5.41, 5.74) is 0.690. The summed E-state index contributed by atoms with van der Waals surface area (Å²) in [6.45, 7) is 1.56. The molecule has 132 valence electrons. The fraction of sp³-hybridized carbons (Fsp3) is 0.632. The maximum atomic E-state index is 13.1. The fourth-order valence-electron chi connectivity index (χ4n) is 4.50. The van der Waals surface area contributed by atoms with Crippen molar-refractivity contribution in [3.63, 3.8) is 0 Å². The number of benzene rings is 1. The number of rotatable bonds is 4. The highest BCUT2D eigenvalue weighted by Crippen LogP contribution is 2.47. The number of carbonyl (C=O) groups excluding carboxylic acids is 1. The SMILES string of the molecule is COc1cccc(C(=O)N2CCC[C@]3(CCC[C@H]3OC)C2)c1OC. The Morgan fingerprint density at radius 3 is 2.67 bits per heavy atom. The van der Waals surface area contributed by atoms with Crippen LogP contribution in [0.3, 0.4) is 0 Å². The van der Waals surface area contributed by atoms with E-state index in [2.05, 4.69) is 0 Å². The Kier molecular flexibility index (Phi) is 4.99. The van der Waals surface area contributed by atoms with Gasteiger partial charge in [-0.2, -0.15) is 0 Å². The number of likely N-dealkylation sites (tertiary alicyclic amines) is 1. The van der Waals surface area contributed by atoms with Crippen LogP contribution in [0.2, 0.25) is 0 Å². The van der Waals surface area contributed by atoms with E-state index in [1.807, 2.05) is 23.1 Å². The van der Waals surface area contributed by atoms with Gasteiger partial charge in [0, 0.05) is 25.6 Å². The van der Waals surface area contributed by atoms with Gasteiger partial charge < -0.3 is 19.1 Å². The van der Waals surface area contributed by atoms with Gasteiger partial charge in [-0.25, -0.2) is 0 Å². The molecule has 5 nitrogen and oxygen atoms in total. The molecule has 1 amide bonds. The third kappa shape index (κ3) is 2.86. The summed E-state index contributed by atoms with van der Waals surface area (Å²) in [4.78, 5) is 15.1. The number of carbonyl (C=O) groups is 1. The second-order valence-corrected chi connectivity index (χ2v) is 6.85. The summed E-state index contributed by atoms with van der Waals surface area (Å²) < 4.78 is 16.5. The van der Waals surface area contributed by atoms with Crippen LogP contribution in [0.5, 0.6) is 11.5 Å². The van der Waals surface area contributed by atoms with E-state index in [4.69, 9.17) is 14.2 Å². The molecule has 0 N–H and O–H groups in total. The van der Waals surface area contributed by atoms with Crippen molar-refractivity contribution in [1.29, 1.82) is 0 Å². The molecule has 0 radical (unpaired) electrons. The van der Waals surface area contributed by atoms with Crippen LogP contribution in [0.4, 0.5) is 0 Å². The first-order valence-electron chi connectivity index (χ1n) is 8.68. The zero-order valence-electron chi connectivity index (χ0n) is 14.8. The van der Waals surface area contributed by atoms with E-state index in [0.29, 0.717) is 17.1 Å². The molecule has 1 aromatic carbocycles. The molecule has 3 rings (SSSR count). The number of para-hydroxylation sites is 1. The minimum Gasteiger partial charge on any atom is -0.493 e. The van der Waals surface area contributed by atoms with E-state index in [1.54, 1.807) is 21.3 Å². The van der Waals surface area contributed by atoms with Gasteiger partial charge in [0.1, 0.15) is 0 Å². The molecule has 2 atom stereocenters. The number of methoxy groups -OCH3 is 3. The predicted octanol–water partition coefficient (Wildman–Crippen LogP) is 3.13. The molecule has 1 aliphatic heterocycles. The van der Waals surface area contributed by atoms with Crippen LogP contribution in [-0.2, 0) is 4.74 Å². The highest BCUT2D eigenvalue weighted by atomic mass is 16.5. The van der Waals surface area contributed by atoms with E-state index >= 15 is 0 Å². The van der Waals surface area contributed by atoms with E-state index in [-0.39, 0.29) is 17.4 Å². The van der Waals surface area contributed by atoms with Crippen LogP contribution >= 0.6 is 0 Å². The van der Waals surface area contributed by atoms with Crippen molar-refractivity contribution in [2.75, 3.05) is 34.4 Å². The Labute approximate surface area is 143 Å². The average molecular weight is 333 g/mol. The van der Waals surface area contributed by atoms with Crippen molar-refractivity contribution in [2.24, 2.45) is 5.41 Å². The minimum absolute atomic E-state index is 0.0200. The molecule has 1 heterocycles. The summed E-state index contributed by atoms with van der Waals surface area (Å²) >= 11 is 0. The molecule has 0 unspecified atom stereocenters.